The first-order valence-electron chi connectivity index (χ1n) is 8.04. The summed E-state index contributed by atoms with van der Waals surface area (Å²) in [5.41, 5.74) is 11.8. The van der Waals surface area contributed by atoms with E-state index < -0.39 is 30.2 Å². The molecule has 9 nitrogen and oxygen atoms in total. The lowest BCUT2D eigenvalue weighted by Crippen LogP contribution is -2.40. The fourth-order valence-electron chi connectivity index (χ4n) is 2.21. The average Bonchev–Trinajstić information content (AvgIpc) is 3.11. The molecule has 0 aliphatic carbocycles. The molecule has 1 unspecified atom stereocenters. The molecule has 15 heteroatoms. The fraction of sp³-hybridized carbons (Fsp3) is 0.375. The number of alkyl halides is 6. The highest BCUT2D eigenvalue weighted by atomic mass is 19.4. The Bertz CT molecular complexity index is 788. The van der Waals surface area contributed by atoms with E-state index in [1.54, 1.807) is 18.2 Å². The first-order valence-corrected chi connectivity index (χ1v) is 8.04. The zero-order valence-electron chi connectivity index (χ0n) is 15.4. The number of carboxylic acid groups (broad SMARTS) is 2. The van der Waals surface area contributed by atoms with Crippen LogP contribution in [0.4, 0.5) is 32.0 Å². The summed E-state index contributed by atoms with van der Waals surface area (Å²) in [5.74, 6) is -6.31. The highest BCUT2D eigenvalue weighted by molar-refractivity contribution is 5.94. The first kappa shape index (κ1) is 27.5. The number of carbonyl (C=O) groups is 4. The van der Waals surface area contributed by atoms with E-state index in [1.807, 2.05) is 11.0 Å². The molecule has 1 atom stereocenters. The Morgan fingerprint density at radius 3 is 1.74 bits per heavy atom. The Kier molecular flexibility index (Phi) is 9.78. The average molecular weight is 461 g/mol. The zero-order valence-corrected chi connectivity index (χ0v) is 15.4. The largest absolute Gasteiger partial charge is 0.490 e. The van der Waals surface area contributed by atoms with Gasteiger partial charge in [-0.2, -0.15) is 26.3 Å². The Labute approximate surface area is 170 Å². The summed E-state index contributed by atoms with van der Waals surface area (Å²) < 4.78 is 63.5. The summed E-state index contributed by atoms with van der Waals surface area (Å²) in [7, 11) is 0. The van der Waals surface area contributed by atoms with Crippen molar-refractivity contribution in [2.24, 2.45) is 11.5 Å². The van der Waals surface area contributed by atoms with E-state index >= 15 is 0 Å². The molecule has 6 N–H and O–H groups in total. The second kappa shape index (κ2) is 11.0. The highest BCUT2D eigenvalue weighted by Crippen LogP contribution is 2.26. The number of halogens is 6. The van der Waals surface area contributed by atoms with E-state index in [1.165, 1.54) is 0 Å². The number of amides is 2. The maximum Gasteiger partial charge on any atom is 0.490 e. The highest BCUT2D eigenvalue weighted by Gasteiger charge is 2.38. The van der Waals surface area contributed by atoms with Crippen LogP contribution in [0.15, 0.2) is 24.3 Å². The number of benzene rings is 1. The summed E-state index contributed by atoms with van der Waals surface area (Å²) in [6, 6.07) is 6.68. The van der Waals surface area contributed by atoms with Crippen molar-refractivity contribution in [3.63, 3.8) is 0 Å². The molecule has 2 amide bonds. The number of nitrogens with zero attached hydrogens (tertiary/aromatic N) is 1. The standard InChI is InChI=1S/C12H15N3O2.2C2HF3O2/c13-11(16)8-3-1-4-9(7-8)15-6-2-5-10(15)12(14)17;2*3-2(4,5)1(6)7/h1,3-4,7,10H,2,5-6H2,(H2,13,16)(H2,14,17);2*(H,6,7). The van der Waals surface area contributed by atoms with Crippen molar-refractivity contribution in [1.82, 2.24) is 0 Å². The number of carbonyl (C=O) groups excluding carboxylic acids is 2. The van der Waals surface area contributed by atoms with Gasteiger partial charge in [0.15, 0.2) is 0 Å². The lowest BCUT2D eigenvalue weighted by molar-refractivity contribution is -0.193. The number of hydrogen-bond donors (Lipinski definition) is 4. The van der Waals surface area contributed by atoms with Crippen LogP contribution in [-0.4, -0.2) is 58.9 Å². The summed E-state index contributed by atoms with van der Waals surface area (Å²) in [6.07, 6.45) is -8.48. The molecule has 0 bridgehead atoms. The summed E-state index contributed by atoms with van der Waals surface area (Å²) >= 11 is 0. The maximum absolute atomic E-state index is 11.3. The molecule has 1 aromatic rings. The van der Waals surface area contributed by atoms with Gasteiger partial charge in [-0.05, 0) is 31.0 Å². The van der Waals surface area contributed by atoms with Gasteiger partial charge in [0.05, 0.1) is 0 Å². The first-order chi connectivity index (χ1) is 14.0. The Morgan fingerprint density at radius 2 is 1.39 bits per heavy atom. The summed E-state index contributed by atoms with van der Waals surface area (Å²) in [5, 5.41) is 14.2. The molecule has 0 aromatic heterocycles. The van der Waals surface area contributed by atoms with Gasteiger partial charge in [0.25, 0.3) is 0 Å². The van der Waals surface area contributed by atoms with Crippen LogP contribution in [0.2, 0.25) is 0 Å². The van der Waals surface area contributed by atoms with E-state index in [4.69, 9.17) is 31.3 Å². The lowest BCUT2D eigenvalue weighted by Gasteiger charge is -2.24. The van der Waals surface area contributed by atoms with Crippen LogP contribution < -0.4 is 16.4 Å². The molecule has 2 rings (SSSR count). The van der Waals surface area contributed by atoms with Crippen molar-refractivity contribution < 1.29 is 55.7 Å². The number of carboxylic acids is 2. The van der Waals surface area contributed by atoms with E-state index in [0.717, 1.165) is 25.1 Å². The monoisotopic (exact) mass is 461 g/mol. The van der Waals surface area contributed by atoms with Crippen LogP contribution in [-0.2, 0) is 14.4 Å². The van der Waals surface area contributed by atoms with E-state index in [0.29, 0.717) is 5.56 Å². The van der Waals surface area contributed by atoms with Gasteiger partial charge < -0.3 is 26.6 Å². The van der Waals surface area contributed by atoms with E-state index in [2.05, 4.69) is 0 Å². The summed E-state index contributed by atoms with van der Waals surface area (Å²) in [4.78, 5) is 42.1. The van der Waals surface area contributed by atoms with Gasteiger partial charge >= 0.3 is 24.3 Å². The quantitative estimate of drug-likeness (QED) is 0.496. The van der Waals surface area contributed by atoms with Gasteiger partial charge in [-0.1, -0.05) is 6.07 Å². The molecule has 1 saturated heterocycles. The molecule has 1 aliphatic heterocycles. The molecule has 1 aliphatic rings. The number of rotatable bonds is 3. The van der Waals surface area contributed by atoms with Crippen molar-refractivity contribution in [1.29, 1.82) is 0 Å². The zero-order chi connectivity index (χ0) is 24.6. The van der Waals surface area contributed by atoms with Crippen molar-refractivity contribution >= 4 is 29.4 Å². The molecule has 0 spiro atoms. The summed E-state index contributed by atoms with van der Waals surface area (Å²) in [6.45, 7) is 0.774. The molecule has 1 fully saturated rings. The fourth-order valence-corrected chi connectivity index (χ4v) is 2.21. The molecule has 1 heterocycles. The molecule has 174 valence electrons. The topological polar surface area (TPSA) is 164 Å². The number of anilines is 1. The molecule has 31 heavy (non-hydrogen) atoms. The SMILES string of the molecule is NC(=O)c1cccc(N2CCCC2C(N)=O)c1.O=C(O)C(F)(F)F.O=C(O)C(F)(F)F. The molecule has 1 aromatic carbocycles. The van der Waals surface area contributed by atoms with Crippen molar-refractivity contribution in [3.8, 4) is 0 Å². The van der Waals surface area contributed by atoms with Crippen molar-refractivity contribution in [2.45, 2.75) is 31.2 Å². The van der Waals surface area contributed by atoms with Crippen LogP contribution in [0.3, 0.4) is 0 Å². The Hall–Kier alpha value is -3.52. The lowest BCUT2D eigenvalue weighted by atomic mass is 10.1. The predicted molar refractivity (Wildman–Crippen MR) is 91.9 cm³/mol. The number of aliphatic carboxylic acids is 2. The Morgan fingerprint density at radius 1 is 0.935 bits per heavy atom. The van der Waals surface area contributed by atoms with Crippen LogP contribution >= 0.6 is 0 Å². The second-order valence-electron chi connectivity index (χ2n) is 5.77. The number of primary amides is 2. The van der Waals surface area contributed by atoms with Gasteiger partial charge in [-0.25, -0.2) is 9.59 Å². The molecular weight excluding hydrogens is 444 g/mol. The maximum atomic E-state index is 11.3. The third-order valence-electron chi connectivity index (χ3n) is 3.53. The molecule has 0 saturated carbocycles. The van der Waals surface area contributed by atoms with Gasteiger partial charge in [-0.3, -0.25) is 9.59 Å². The Balaban J connectivity index is 0.000000536. The minimum absolute atomic E-state index is 0.280. The minimum atomic E-state index is -5.08. The van der Waals surface area contributed by atoms with Crippen molar-refractivity contribution in [3.05, 3.63) is 29.8 Å². The third kappa shape index (κ3) is 9.68. The number of nitrogens with two attached hydrogens (primary N) is 2. The van der Waals surface area contributed by atoms with Gasteiger partial charge in [0, 0.05) is 17.8 Å². The van der Waals surface area contributed by atoms with E-state index in [9.17, 15) is 35.9 Å². The molecular formula is C16H17F6N3O6. The normalized spacial score (nSPS) is 15.7. The smallest absolute Gasteiger partial charge is 0.475 e. The predicted octanol–water partition coefficient (Wildman–Crippen LogP) is 1.51. The van der Waals surface area contributed by atoms with Crippen LogP contribution in [0.5, 0.6) is 0 Å². The third-order valence-corrected chi connectivity index (χ3v) is 3.53. The minimum Gasteiger partial charge on any atom is -0.475 e. The van der Waals surface area contributed by atoms with Crippen molar-refractivity contribution in [2.75, 3.05) is 11.4 Å². The van der Waals surface area contributed by atoms with E-state index in [-0.39, 0.29) is 11.9 Å². The van der Waals surface area contributed by atoms with Gasteiger partial charge in [0.2, 0.25) is 11.8 Å². The van der Waals surface area contributed by atoms with Gasteiger partial charge in [-0.15, -0.1) is 0 Å². The number of hydrogen-bond acceptors (Lipinski definition) is 5. The second-order valence-corrected chi connectivity index (χ2v) is 5.77. The van der Waals surface area contributed by atoms with Crippen LogP contribution in [0.1, 0.15) is 23.2 Å². The van der Waals surface area contributed by atoms with Crippen LogP contribution in [0.25, 0.3) is 0 Å². The van der Waals surface area contributed by atoms with Crippen LogP contribution in [0, 0.1) is 0 Å². The van der Waals surface area contributed by atoms with Gasteiger partial charge in [0.1, 0.15) is 6.04 Å². The molecule has 0 radical (unpaired) electrons.